The monoisotopic (exact) mass is 200 g/mol. The van der Waals surface area contributed by atoms with Crippen molar-refractivity contribution in [2.45, 2.75) is 6.92 Å². The van der Waals surface area contributed by atoms with Crippen LogP contribution in [0.1, 0.15) is 6.92 Å². The number of alkyl halides is 2. The lowest BCUT2D eigenvalue weighted by molar-refractivity contribution is 0.296. The largest absolute Gasteiger partial charge is 0.372 e. The van der Waals surface area contributed by atoms with Crippen LogP contribution in [0.4, 0.5) is 8.78 Å². The zero-order valence-electron chi connectivity index (χ0n) is 8.21. The highest BCUT2D eigenvalue weighted by molar-refractivity contribution is 5.22. The summed E-state index contributed by atoms with van der Waals surface area (Å²) in [6.07, 6.45) is 4.80. The van der Waals surface area contributed by atoms with Crippen LogP contribution in [-0.2, 0) is 0 Å². The van der Waals surface area contributed by atoms with E-state index in [0.29, 0.717) is 5.57 Å². The van der Waals surface area contributed by atoms with Crippen LogP contribution >= 0.6 is 0 Å². The highest BCUT2D eigenvalue weighted by Crippen LogP contribution is 1.94. The fourth-order valence-corrected chi connectivity index (χ4v) is 0.824. The van der Waals surface area contributed by atoms with Crippen molar-refractivity contribution < 1.29 is 8.78 Å². The van der Waals surface area contributed by atoms with E-state index in [4.69, 9.17) is 5.26 Å². The molecule has 4 heteroatoms. The third kappa shape index (κ3) is 6.18. The molecular formula is C10H14F2N2. The molecule has 0 spiro atoms. The highest BCUT2D eigenvalue weighted by atomic mass is 19.1. The van der Waals surface area contributed by atoms with Crippen LogP contribution in [0.2, 0.25) is 0 Å². The summed E-state index contributed by atoms with van der Waals surface area (Å²) in [5.41, 5.74) is 0.557. The van der Waals surface area contributed by atoms with Crippen molar-refractivity contribution in [3.63, 3.8) is 0 Å². The maximum absolute atomic E-state index is 12.0. The van der Waals surface area contributed by atoms with Crippen LogP contribution in [0.25, 0.3) is 0 Å². The van der Waals surface area contributed by atoms with Crippen molar-refractivity contribution in [2.24, 2.45) is 0 Å². The van der Waals surface area contributed by atoms with Crippen molar-refractivity contribution in [2.75, 3.05) is 26.4 Å². The van der Waals surface area contributed by atoms with Crippen LogP contribution in [0.5, 0.6) is 0 Å². The molecule has 0 saturated heterocycles. The summed E-state index contributed by atoms with van der Waals surface area (Å²) in [7, 11) is 0. The third-order valence-corrected chi connectivity index (χ3v) is 1.56. The van der Waals surface area contributed by atoms with E-state index < -0.39 is 13.3 Å². The van der Waals surface area contributed by atoms with Crippen molar-refractivity contribution in [3.05, 3.63) is 23.9 Å². The highest BCUT2D eigenvalue weighted by Gasteiger charge is 1.96. The smallest absolute Gasteiger partial charge is 0.107 e. The average molecular weight is 200 g/mol. The molecule has 0 rings (SSSR count). The van der Waals surface area contributed by atoms with Crippen molar-refractivity contribution >= 4 is 0 Å². The summed E-state index contributed by atoms with van der Waals surface area (Å²) in [5, 5.41) is 8.42. The number of halogens is 2. The van der Waals surface area contributed by atoms with Gasteiger partial charge in [0.15, 0.2) is 0 Å². The Bertz CT molecular complexity index is 235. The van der Waals surface area contributed by atoms with E-state index in [1.807, 2.05) is 6.07 Å². The Hall–Kier alpha value is -1.37. The van der Waals surface area contributed by atoms with Gasteiger partial charge in [-0.25, -0.2) is 8.78 Å². The van der Waals surface area contributed by atoms with Gasteiger partial charge in [-0.15, -0.1) is 0 Å². The normalized spacial score (nSPS) is 11.7. The standard InChI is InChI=1S/C10H14F2N2/c1-10(9-13)3-2-6-14(7-4-11)8-5-12/h2-3,6H,4-5,7-8H2,1H3/b6-2+,10-3-. The Labute approximate surface area is 83.1 Å². The molecule has 2 nitrogen and oxygen atoms in total. The molecule has 0 aromatic heterocycles. The second-order valence-corrected chi connectivity index (χ2v) is 2.72. The van der Waals surface area contributed by atoms with E-state index in [1.54, 1.807) is 25.3 Å². The van der Waals surface area contributed by atoms with E-state index >= 15 is 0 Å². The Morgan fingerprint density at radius 3 is 2.36 bits per heavy atom. The quantitative estimate of drug-likeness (QED) is 0.485. The summed E-state index contributed by atoms with van der Waals surface area (Å²) in [4.78, 5) is 1.53. The predicted molar refractivity (Wildman–Crippen MR) is 52.0 cm³/mol. The van der Waals surface area contributed by atoms with E-state index in [1.165, 1.54) is 4.90 Å². The predicted octanol–water partition coefficient (Wildman–Crippen LogP) is 2.21. The van der Waals surface area contributed by atoms with Gasteiger partial charge >= 0.3 is 0 Å². The minimum absolute atomic E-state index is 0.180. The molecular weight excluding hydrogens is 186 g/mol. The summed E-state index contributed by atoms with van der Waals surface area (Å²) in [6.45, 7) is 1.01. The fraction of sp³-hybridized carbons (Fsp3) is 0.500. The van der Waals surface area contributed by atoms with Gasteiger partial charge in [-0.1, -0.05) is 0 Å². The van der Waals surface area contributed by atoms with Gasteiger partial charge < -0.3 is 4.90 Å². The van der Waals surface area contributed by atoms with Crippen molar-refractivity contribution in [3.8, 4) is 6.07 Å². The van der Waals surface area contributed by atoms with Crippen LogP contribution in [0.15, 0.2) is 23.9 Å². The van der Waals surface area contributed by atoms with E-state index in [2.05, 4.69) is 0 Å². The Morgan fingerprint density at radius 1 is 1.36 bits per heavy atom. The summed E-state index contributed by atoms with van der Waals surface area (Å²) >= 11 is 0. The second-order valence-electron chi connectivity index (χ2n) is 2.72. The number of allylic oxidation sites excluding steroid dienone is 3. The molecule has 0 aromatic carbocycles. The number of nitriles is 1. The molecule has 0 unspecified atom stereocenters. The van der Waals surface area contributed by atoms with Gasteiger partial charge in [0.2, 0.25) is 0 Å². The summed E-state index contributed by atoms with van der Waals surface area (Å²) < 4.78 is 23.9. The first-order valence-corrected chi connectivity index (χ1v) is 4.35. The maximum Gasteiger partial charge on any atom is 0.107 e. The zero-order chi connectivity index (χ0) is 10.8. The van der Waals surface area contributed by atoms with Gasteiger partial charge in [0, 0.05) is 18.7 Å². The number of hydrogen-bond donors (Lipinski definition) is 0. The van der Waals surface area contributed by atoms with Crippen molar-refractivity contribution in [1.82, 2.24) is 4.90 Å². The van der Waals surface area contributed by atoms with Gasteiger partial charge in [-0.3, -0.25) is 0 Å². The second kappa shape index (κ2) is 8.24. The lowest BCUT2D eigenvalue weighted by Gasteiger charge is -2.15. The van der Waals surface area contributed by atoms with Gasteiger partial charge in [-0.05, 0) is 25.3 Å². The number of nitrogens with zero attached hydrogens (tertiary/aromatic N) is 2. The molecule has 0 saturated carbocycles. The van der Waals surface area contributed by atoms with Crippen LogP contribution < -0.4 is 0 Å². The SMILES string of the molecule is C/C(C#N)=C/C=C/N(CCF)CCF. The average Bonchev–Trinajstić information content (AvgIpc) is 2.18. The number of hydrogen-bond acceptors (Lipinski definition) is 2. The lowest BCUT2D eigenvalue weighted by Crippen LogP contribution is -2.22. The molecule has 14 heavy (non-hydrogen) atoms. The molecule has 0 aliphatic rings. The van der Waals surface area contributed by atoms with E-state index in [-0.39, 0.29) is 13.1 Å². The summed E-state index contributed by atoms with van der Waals surface area (Å²) in [5.74, 6) is 0. The zero-order valence-corrected chi connectivity index (χ0v) is 8.21. The van der Waals surface area contributed by atoms with Gasteiger partial charge in [-0.2, -0.15) is 5.26 Å². The molecule has 78 valence electrons. The third-order valence-electron chi connectivity index (χ3n) is 1.56. The van der Waals surface area contributed by atoms with E-state index in [9.17, 15) is 8.78 Å². The Morgan fingerprint density at radius 2 is 1.93 bits per heavy atom. The first kappa shape index (κ1) is 12.6. The van der Waals surface area contributed by atoms with Gasteiger partial charge in [0.1, 0.15) is 13.3 Å². The maximum atomic E-state index is 12.0. The van der Waals surface area contributed by atoms with E-state index in [0.717, 1.165) is 0 Å². The molecule has 0 N–H and O–H groups in total. The molecule has 0 heterocycles. The molecule has 0 aromatic rings. The Kier molecular flexibility index (Phi) is 7.43. The van der Waals surface area contributed by atoms with Crippen molar-refractivity contribution in [1.29, 1.82) is 5.26 Å². The van der Waals surface area contributed by atoms with Gasteiger partial charge in [0.05, 0.1) is 6.07 Å². The molecule has 0 aliphatic carbocycles. The molecule has 0 amide bonds. The molecule has 0 atom stereocenters. The Balaban J connectivity index is 4.08. The minimum Gasteiger partial charge on any atom is -0.372 e. The first-order valence-electron chi connectivity index (χ1n) is 4.35. The molecule has 0 bridgehead atoms. The number of rotatable bonds is 6. The molecule has 0 fully saturated rings. The first-order chi connectivity index (χ1) is 6.74. The molecule has 0 aliphatic heterocycles. The van der Waals surface area contributed by atoms with Crippen LogP contribution in [0, 0.1) is 11.3 Å². The van der Waals surface area contributed by atoms with Gasteiger partial charge in [0.25, 0.3) is 0 Å². The lowest BCUT2D eigenvalue weighted by atomic mass is 10.3. The van der Waals surface area contributed by atoms with Crippen LogP contribution in [-0.4, -0.2) is 31.3 Å². The fourth-order valence-electron chi connectivity index (χ4n) is 0.824. The molecule has 0 radical (unpaired) electrons. The minimum atomic E-state index is -0.509. The van der Waals surface area contributed by atoms with Crippen LogP contribution in [0.3, 0.4) is 0 Å². The summed E-state index contributed by atoms with van der Waals surface area (Å²) in [6, 6.07) is 1.95. The topological polar surface area (TPSA) is 27.0 Å².